The number of nitrogens with one attached hydrogen (secondary N) is 1. The summed E-state index contributed by atoms with van der Waals surface area (Å²) in [5.41, 5.74) is 2.26. The van der Waals surface area contributed by atoms with Gasteiger partial charge in [-0.25, -0.2) is 0 Å². The molecule has 1 aromatic heterocycles. The highest BCUT2D eigenvalue weighted by atomic mass is 35.5. The number of nitrogens with zero attached hydrogens (tertiary/aromatic N) is 2. The van der Waals surface area contributed by atoms with Crippen LogP contribution in [0.25, 0.3) is 11.3 Å². The van der Waals surface area contributed by atoms with Gasteiger partial charge >= 0.3 is 0 Å². The van der Waals surface area contributed by atoms with Crippen LogP contribution in [0.4, 0.5) is 0 Å². The molecule has 1 aliphatic carbocycles. The van der Waals surface area contributed by atoms with Crippen molar-refractivity contribution in [3.63, 3.8) is 0 Å². The first-order valence-electron chi connectivity index (χ1n) is 8.11. The predicted octanol–water partition coefficient (Wildman–Crippen LogP) is 4.38. The van der Waals surface area contributed by atoms with Crippen LogP contribution in [0.1, 0.15) is 44.1 Å². The zero-order valence-electron chi connectivity index (χ0n) is 13.7. The maximum atomic E-state index is 12.9. The van der Waals surface area contributed by atoms with E-state index in [1.165, 1.54) is 0 Å². The Morgan fingerprint density at radius 2 is 1.91 bits per heavy atom. The molecule has 23 heavy (non-hydrogen) atoms. The fourth-order valence-electron chi connectivity index (χ4n) is 2.70. The lowest BCUT2D eigenvalue weighted by atomic mass is 10.0. The molecule has 122 valence electrons. The number of aromatic nitrogens is 2. The summed E-state index contributed by atoms with van der Waals surface area (Å²) < 4.78 is 0. The van der Waals surface area contributed by atoms with Gasteiger partial charge in [-0.15, -0.1) is 0 Å². The van der Waals surface area contributed by atoms with Crippen molar-refractivity contribution in [2.45, 2.75) is 45.7 Å². The molecule has 1 heterocycles. The van der Waals surface area contributed by atoms with E-state index >= 15 is 0 Å². The van der Waals surface area contributed by atoms with Gasteiger partial charge in [0.25, 0.3) is 5.91 Å². The van der Waals surface area contributed by atoms with Gasteiger partial charge in [-0.05, 0) is 43.9 Å². The third kappa shape index (κ3) is 3.42. The smallest absolute Gasteiger partial charge is 0.272 e. The lowest BCUT2D eigenvalue weighted by Gasteiger charge is -2.31. The Bertz CT molecular complexity index is 689. The van der Waals surface area contributed by atoms with E-state index in [9.17, 15) is 4.79 Å². The largest absolute Gasteiger partial charge is 0.331 e. The SMILES string of the molecule is CC(C)[C@H](C)N(C(=O)c1cc(-c2ccc(Cl)cc2)n[nH]1)C1CC1. The number of aromatic amines is 1. The molecule has 1 N–H and O–H groups in total. The van der Waals surface area contributed by atoms with E-state index < -0.39 is 0 Å². The zero-order chi connectivity index (χ0) is 16.6. The van der Waals surface area contributed by atoms with Crippen LogP contribution in [-0.2, 0) is 0 Å². The molecule has 0 spiro atoms. The molecule has 2 aromatic rings. The maximum Gasteiger partial charge on any atom is 0.272 e. The van der Waals surface area contributed by atoms with Crippen LogP contribution in [0.3, 0.4) is 0 Å². The summed E-state index contributed by atoms with van der Waals surface area (Å²) in [5, 5.41) is 7.88. The normalized spacial score (nSPS) is 15.7. The van der Waals surface area contributed by atoms with Gasteiger partial charge in [0.1, 0.15) is 5.69 Å². The van der Waals surface area contributed by atoms with Crippen molar-refractivity contribution in [2.24, 2.45) is 5.92 Å². The van der Waals surface area contributed by atoms with E-state index in [1.54, 1.807) is 0 Å². The highest BCUT2D eigenvalue weighted by molar-refractivity contribution is 6.30. The number of carbonyl (C=O) groups excluding carboxylic acids is 1. The zero-order valence-corrected chi connectivity index (χ0v) is 14.5. The molecule has 3 rings (SSSR count). The van der Waals surface area contributed by atoms with Crippen molar-refractivity contribution in [2.75, 3.05) is 0 Å². The number of benzene rings is 1. The van der Waals surface area contributed by atoms with Crippen LogP contribution in [0, 0.1) is 5.92 Å². The third-order valence-corrected chi connectivity index (χ3v) is 4.78. The maximum absolute atomic E-state index is 12.9. The Kier molecular flexibility index (Phi) is 4.44. The third-order valence-electron chi connectivity index (χ3n) is 4.53. The minimum atomic E-state index is 0.0430. The lowest BCUT2D eigenvalue weighted by Crippen LogP contribution is -2.43. The van der Waals surface area contributed by atoms with Crippen molar-refractivity contribution in [1.29, 1.82) is 0 Å². The van der Waals surface area contributed by atoms with Gasteiger partial charge < -0.3 is 4.90 Å². The van der Waals surface area contributed by atoms with Crippen molar-refractivity contribution < 1.29 is 4.79 Å². The molecule has 1 aliphatic rings. The number of amides is 1. The highest BCUT2D eigenvalue weighted by Gasteiger charge is 2.37. The Balaban J connectivity index is 1.83. The second-order valence-corrected chi connectivity index (χ2v) is 7.04. The quantitative estimate of drug-likeness (QED) is 0.883. The van der Waals surface area contributed by atoms with Crippen LogP contribution >= 0.6 is 11.6 Å². The number of hydrogen-bond acceptors (Lipinski definition) is 2. The molecule has 0 aliphatic heterocycles. The molecular weight excluding hydrogens is 310 g/mol. The summed E-state index contributed by atoms with van der Waals surface area (Å²) in [6.45, 7) is 6.43. The Morgan fingerprint density at radius 3 is 2.48 bits per heavy atom. The van der Waals surface area contributed by atoms with Crippen molar-refractivity contribution in [3.8, 4) is 11.3 Å². The van der Waals surface area contributed by atoms with Crippen LogP contribution in [0.2, 0.25) is 5.02 Å². The Morgan fingerprint density at radius 1 is 1.26 bits per heavy atom. The van der Waals surface area contributed by atoms with E-state index in [4.69, 9.17) is 11.6 Å². The first-order valence-corrected chi connectivity index (χ1v) is 8.49. The van der Waals surface area contributed by atoms with Crippen molar-refractivity contribution >= 4 is 17.5 Å². The fourth-order valence-corrected chi connectivity index (χ4v) is 2.82. The standard InChI is InChI=1S/C18H22ClN3O/c1-11(2)12(3)22(15-8-9-15)18(23)17-10-16(20-21-17)13-4-6-14(19)7-5-13/h4-7,10-12,15H,8-9H2,1-3H3,(H,20,21)/t12-/m0/s1. The van der Waals surface area contributed by atoms with E-state index in [0.29, 0.717) is 22.7 Å². The van der Waals surface area contributed by atoms with E-state index in [0.717, 1.165) is 24.1 Å². The second kappa shape index (κ2) is 6.36. The predicted molar refractivity (Wildman–Crippen MR) is 92.5 cm³/mol. The molecule has 1 atom stereocenters. The number of H-pyrrole nitrogens is 1. The molecule has 1 amide bonds. The van der Waals surface area contributed by atoms with Crippen LogP contribution < -0.4 is 0 Å². The first kappa shape index (κ1) is 16.1. The van der Waals surface area contributed by atoms with Crippen LogP contribution in [0.5, 0.6) is 0 Å². The van der Waals surface area contributed by atoms with E-state index in [-0.39, 0.29) is 11.9 Å². The highest BCUT2D eigenvalue weighted by Crippen LogP contribution is 2.32. The molecule has 1 saturated carbocycles. The molecule has 4 nitrogen and oxygen atoms in total. The van der Waals surface area contributed by atoms with Gasteiger partial charge in [-0.3, -0.25) is 9.89 Å². The lowest BCUT2D eigenvalue weighted by molar-refractivity contribution is 0.0621. The van der Waals surface area contributed by atoms with Crippen LogP contribution in [-0.4, -0.2) is 33.1 Å². The number of carbonyl (C=O) groups is 1. The molecule has 1 aromatic carbocycles. The Labute approximate surface area is 141 Å². The minimum Gasteiger partial charge on any atom is -0.331 e. The minimum absolute atomic E-state index is 0.0430. The molecule has 0 saturated heterocycles. The summed E-state index contributed by atoms with van der Waals surface area (Å²) >= 11 is 5.91. The molecule has 5 heteroatoms. The van der Waals surface area contributed by atoms with Gasteiger partial charge in [0.05, 0.1) is 5.69 Å². The van der Waals surface area contributed by atoms with Gasteiger partial charge in [-0.1, -0.05) is 37.6 Å². The second-order valence-electron chi connectivity index (χ2n) is 6.60. The van der Waals surface area contributed by atoms with E-state index in [1.807, 2.05) is 35.2 Å². The fraction of sp³-hybridized carbons (Fsp3) is 0.444. The monoisotopic (exact) mass is 331 g/mol. The van der Waals surface area contributed by atoms with Gasteiger partial charge in [-0.2, -0.15) is 5.10 Å². The van der Waals surface area contributed by atoms with Crippen LogP contribution in [0.15, 0.2) is 30.3 Å². The molecule has 1 fully saturated rings. The van der Waals surface area contributed by atoms with Gasteiger partial charge in [0.15, 0.2) is 0 Å². The Hall–Kier alpha value is -1.81. The summed E-state index contributed by atoms with van der Waals surface area (Å²) in [6.07, 6.45) is 2.20. The average molecular weight is 332 g/mol. The summed E-state index contributed by atoms with van der Waals surface area (Å²) in [4.78, 5) is 14.9. The van der Waals surface area contributed by atoms with Crippen molar-refractivity contribution in [1.82, 2.24) is 15.1 Å². The topological polar surface area (TPSA) is 49.0 Å². The van der Waals surface area contributed by atoms with Gasteiger partial charge in [0.2, 0.25) is 0 Å². The number of hydrogen-bond donors (Lipinski definition) is 1. The summed E-state index contributed by atoms with van der Waals surface area (Å²) in [6, 6.07) is 9.88. The van der Waals surface area contributed by atoms with E-state index in [2.05, 4.69) is 31.0 Å². The molecular formula is C18H22ClN3O. The van der Waals surface area contributed by atoms with Gasteiger partial charge in [0, 0.05) is 22.7 Å². The summed E-state index contributed by atoms with van der Waals surface area (Å²) in [7, 11) is 0. The molecule has 0 bridgehead atoms. The summed E-state index contributed by atoms with van der Waals surface area (Å²) in [5.74, 6) is 0.472. The number of halogens is 1. The molecule has 0 radical (unpaired) electrons. The first-order chi connectivity index (χ1) is 11.0. The average Bonchev–Trinajstić information content (AvgIpc) is 3.23. The van der Waals surface area contributed by atoms with Crippen molar-refractivity contribution in [3.05, 3.63) is 41.0 Å². The number of rotatable bonds is 5. The molecule has 0 unspecified atom stereocenters.